The van der Waals surface area contributed by atoms with Crippen LogP contribution in [0, 0.1) is 5.41 Å². The number of carbonyl (C=O) groups excluding carboxylic acids is 1. The molecule has 1 atom stereocenters. The normalized spacial score (nSPS) is 30.4. The minimum Gasteiger partial charge on any atom is -0.294 e. The van der Waals surface area contributed by atoms with Gasteiger partial charge >= 0.3 is 0 Å². The highest BCUT2D eigenvalue weighted by atomic mass is 16.1. The van der Waals surface area contributed by atoms with Gasteiger partial charge in [-0.3, -0.25) is 4.79 Å². The number of hydrogen-bond acceptors (Lipinski definition) is 1. The van der Waals surface area contributed by atoms with E-state index in [0.29, 0.717) is 0 Å². The molecule has 0 N–H and O–H groups in total. The minimum atomic E-state index is -0.175. The van der Waals surface area contributed by atoms with E-state index in [-0.39, 0.29) is 11.2 Å². The lowest BCUT2D eigenvalue weighted by Gasteiger charge is -2.19. The number of carbonyl (C=O) groups is 1. The fraction of sp³-hybridized carbons (Fsp3) is 0.500. The van der Waals surface area contributed by atoms with E-state index in [0.717, 1.165) is 12.8 Å². The van der Waals surface area contributed by atoms with Crippen molar-refractivity contribution in [2.24, 2.45) is 5.41 Å². The molecule has 1 aliphatic carbocycles. The molecule has 1 aliphatic rings. The average molecular weight is 150 g/mol. The highest BCUT2D eigenvalue weighted by Gasteiger charge is 2.34. The number of hydrogen-bond donors (Lipinski definition) is 0. The standard InChI is InChI=1S/C10H14O/c1-4-5-10(3)7-8(2)6-9(10)11/h4,6H,1,5,7H2,2-3H3. The molecule has 0 aromatic heterocycles. The van der Waals surface area contributed by atoms with Gasteiger partial charge in [0.15, 0.2) is 5.78 Å². The quantitative estimate of drug-likeness (QED) is 0.553. The van der Waals surface area contributed by atoms with Gasteiger partial charge < -0.3 is 0 Å². The maximum Gasteiger partial charge on any atom is 0.162 e. The number of rotatable bonds is 2. The smallest absolute Gasteiger partial charge is 0.162 e. The molecule has 0 saturated heterocycles. The van der Waals surface area contributed by atoms with E-state index in [1.807, 2.05) is 19.9 Å². The zero-order chi connectivity index (χ0) is 8.48. The van der Waals surface area contributed by atoms with Crippen molar-refractivity contribution < 1.29 is 4.79 Å². The predicted molar refractivity (Wildman–Crippen MR) is 46.3 cm³/mol. The van der Waals surface area contributed by atoms with E-state index in [1.54, 1.807) is 6.08 Å². The van der Waals surface area contributed by atoms with Crippen molar-refractivity contribution in [2.75, 3.05) is 0 Å². The van der Waals surface area contributed by atoms with Crippen molar-refractivity contribution in [1.29, 1.82) is 0 Å². The van der Waals surface area contributed by atoms with Crippen LogP contribution in [0.3, 0.4) is 0 Å². The largest absolute Gasteiger partial charge is 0.294 e. The Morgan fingerprint density at radius 2 is 2.45 bits per heavy atom. The van der Waals surface area contributed by atoms with Crippen LogP contribution in [0.15, 0.2) is 24.3 Å². The Morgan fingerprint density at radius 3 is 2.82 bits per heavy atom. The monoisotopic (exact) mass is 150 g/mol. The molecule has 11 heavy (non-hydrogen) atoms. The van der Waals surface area contributed by atoms with E-state index >= 15 is 0 Å². The maximum absolute atomic E-state index is 11.4. The van der Waals surface area contributed by atoms with Crippen LogP contribution in [0.1, 0.15) is 26.7 Å². The first-order valence-electron chi connectivity index (χ1n) is 3.91. The molecule has 0 aromatic rings. The van der Waals surface area contributed by atoms with E-state index in [1.165, 1.54) is 5.57 Å². The lowest BCUT2D eigenvalue weighted by Crippen LogP contribution is -2.20. The Bertz CT molecular complexity index is 225. The van der Waals surface area contributed by atoms with Crippen molar-refractivity contribution in [2.45, 2.75) is 26.7 Å². The fourth-order valence-corrected chi connectivity index (χ4v) is 1.64. The molecule has 1 unspecified atom stereocenters. The van der Waals surface area contributed by atoms with Crippen molar-refractivity contribution in [1.82, 2.24) is 0 Å². The Labute approximate surface area is 67.8 Å². The van der Waals surface area contributed by atoms with E-state index in [9.17, 15) is 4.79 Å². The topological polar surface area (TPSA) is 17.1 Å². The summed E-state index contributed by atoms with van der Waals surface area (Å²) in [5.41, 5.74) is 1.02. The summed E-state index contributed by atoms with van der Waals surface area (Å²) >= 11 is 0. The van der Waals surface area contributed by atoms with E-state index in [2.05, 4.69) is 6.58 Å². The molecular formula is C10H14O. The molecule has 0 heterocycles. The van der Waals surface area contributed by atoms with Crippen LogP contribution in [0.25, 0.3) is 0 Å². The fourth-order valence-electron chi connectivity index (χ4n) is 1.64. The van der Waals surface area contributed by atoms with Crippen LogP contribution in [0.5, 0.6) is 0 Å². The van der Waals surface area contributed by atoms with Crippen LogP contribution in [-0.2, 0) is 4.79 Å². The van der Waals surface area contributed by atoms with Crippen molar-refractivity contribution in [3.8, 4) is 0 Å². The first-order valence-corrected chi connectivity index (χ1v) is 3.91. The van der Waals surface area contributed by atoms with Gasteiger partial charge in [-0.15, -0.1) is 6.58 Å². The summed E-state index contributed by atoms with van der Waals surface area (Å²) in [6, 6.07) is 0. The third-order valence-corrected chi connectivity index (χ3v) is 2.24. The van der Waals surface area contributed by atoms with E-state index in [4.69, 9.17) is 0 Å². The van der Waals surface area contributed by atoms with Gasteiger partial charge in [0, 0.05) is 5.41 Å². The van der Waals surface area contributed by atoms with Crippen molar-refractivity contribution in [3.63, 3.8) is 0 Å². The second kappa shape index (κ2) is 2.65. The van der Waals surface area contributed by atoms with Gasteiger partial charge in [0.25, 0.3) is 0 Å². The van der Waals surface area contributed by atoms with Gasteiger partial charge in [0.05, 0.1) is 0 Å². The average Bonchev–Trinajstić information content (AvgIpc) is 2.08. The molecule has 0 aliphatic heterocycles. The van der Waals surface area contributed by atoms with Gasteiger partial charge in [-0.05, 0) is 25.8 Å². The van der Waals surface area contributed by atoms with Gasteiger partial charge in [0.1, 0.15) is 0 Å². The second-order valence-corrected chi connectivity index (χ2v) is 3.59. The lowest BCUT2D eigenvalue weighted by atomic mass is 9.83. The molecule has 0 saturated carbocycles. The molecule has 1 heteroatoms. The van der Waals surface area contributed by atoms with Gasteiger partial charge in [-0.25, -0.2) is 0 Å². The Hall–Kier alpha value is -0.850. The predicted octanol–water partition coefficient (Wildman–Crippen LogP) is 2.49. The number of ketones is 1. The summed E-state index contributed by atoms with van der Waals surface area (Å²) in [5.74, 6) is 0.259. The molecule has 0 amide bonds. The van der Waals surface area contributed by atoms with Gasteiger partial charge in [-0.2, -0.15) is 0 Å². The molecule has 1 rings (SSSR count). The van der Waals surface area contributed by atoms with Gasteiger partial charge in [-0.1, -0.05) is 18.6 Å². The summed E-state index contributed by atoms with van der Waals surface area (Å²) in [6.07, 6.45) is 5.27. The highest BCUT2D eigenvalue weighted by molar-refractivity contribution is 5.98. The van der Waals surface area contributed by atoms with Crippen LogP contribution in [0.2, 0.25) is 0 Å². The van der Waals surface area contributed by atoms with Crippen LogP contribution < -0.4 is 0 Å². The second-order valence-electron chi connectivity index (χ2n) is 3.59. The van der Waals surface area contributed by atoms with E-state index < -0.39 is 0 Å². The Balaban J connectivity index is 2.77. The SMILES string of the molecule is C=CCC1(C)CC(C)=CC1=O. The summed E-state index contributed by atoms with van der Waals surface area (Å²) in [7, 11) is 0. The number of allylic oxidation sites excluding steroid dienone is 3. The minimum absolute atomic E-state index is 0.175. The first kappa shape index (κ1) is 8.25. The van der Waals surface area contributed by atoms with Crippen LogP contribution >= 0.6 is 0 Å². The zero-order valence-electron chi connectivity index (χ0n) is 7.18. The molecule has 0 radical (unpaired) electrons. The summed E-state index contributed by atoms with van der Waals surface area (Å²) in [5, 5.41) is 0. The third-order valence-electron chi connectivity index (χ3n) is 2.24. The summed E-state index contributed by atoms with van der Waals surface area (Å²) in [4.78, 5) is 11.4. The maximum atomic E-state index is 11.4. The molecule has 0 spiro atoms. The molecular weight excluding hydrogens is 136 g/mol. The molecule has 60 valence electrons. The van der Waals surface area contributed by atoms with Crippen LogP contribution in [-0.4, -0.2) is 5.78 Å². The highest BCUT2D eigenvalue weighted by Crippen LogP contribution is 2.36. The first-order chi connectivity index (χ1) is 5.08. The molecule has 0 aromatic carbocycles. The summed E-state index contributed by atoms with van der Waals surface area (Å²) < 4.78 is 0. The zero-order valence-corrected chi connectivity index (χ0v) is 7.18. The lowest BCUT2D eigenvalue weighted by molar-refractivity contribution is -0.121. The third kappa shape index (κ3) is 1.42. The Kier molecular flexibility index (Phi) is 1.99. The van der Waals surface area contributed by atoms with Gasteiger partial charge in [0.2, 0.25) is 0 Å². The molecule has 1 nitrogen and oxygen atoms in total. The molecule has 0 bridgehead atoms. The molecule has 0 fully saturated rings. The Morgan fingerprint density at radius 1 is 1.82 bits per heavy atom. The van der Waals surface area contributed by atoms with Crippen LogP contribution in [0.4, 0.5) is 0 Å². The summed E-state index contributed by atoms with van der Waals surface area (Å²) in [6.45, 7) is 7.66. The van der Waals surface area contributed by atoms with Crippen molar-refractivity contribution in [3.05, 3.63) is 24.3 Å². The van der Waals surface area contributed by atoms with Crippen molar-refractivity contribution >= 4 is 5.78 Å².